The Morgan fingerprint density at radius 2 is 2.26 bits per heavy atom. The molecular formula is C10H16N6O3. The molecule has 2 rings (SSSR count). The first-order chi connectivity index (χ1) is 8.99. The van der Waals surface area contributed by atoms with Crippen molar-refractivity contribution >= 4 is 17.9 Å². The molecule has 1 aliphatic heterocycles. The Labute approximate surface area is 109 Å². The van der Waals surface area contributed by atoms with Crippen molar-refractivity contribution in [1.82, 2.24) is 25.1 Å². The first-order valence-corrected chi connectivity index (χ1v) is 6.05. The molecule has 0 bridgehead atoms. The minimum atomic E-state index is -1.13. The lowest BCUT2D eigenvalue weighted by Gasteiger charge is -2.33. The molecule has 2 heterocycles. The number of rotatable bonds is 3. The number of urea groups is 1. The highest BCUT2D eigenvalue weighted by Gasteiger charge is 2.48. The summed E-state index contributed by atoms with van der Waals surface area (Å²) in [4.78, 5) is 26.1. The highest BCUT2D eigenvalue weighted by atomic mass is 16.4. The number of aromatic nitrogens is 4. The monoisotopic (exact) mass is 268 g/mol. The Morgan fingerprint density at radius 3 is 2.79 bits per heavy atom. The Morgan fingerprint density at radius 1 is 1.53 bits per heavy atom. The molecule has 1 saturated heterocycles. The van der Waals surface area contributed by atoms with Gasteiger partial charge in [-0.25, -0.2) is 9.59 Å². The summed E-state index contributed by atoms with van der Waals surface area (Å²) in [7, 11) is 1.58. The summed E-state index contributed by atoms with van der Waals surface area (Å²) >= 11 is 0. The molecule has 2 N–H and O–H groups in total. The Hall–Kier alpha value is -2.19. The van der Waals surface area contributed by atoms with Crippen LogP contribution in [0, 0.1) is 0 Å². The number of nitrogens with zero attached hydrogens (tertiary/aromatic N) is 5. The normalized spacial score (nSPS) is 22.5. The lowest BCUT2D eigenvalue weighted by molar-refractivity contribution is -0.148. The number of aliphatic carboxylic acids is 1. The quantitative estimate of drug-likeness (QED) is 0.802. The van der Waals surface area contributed by atoms with E-state index < -0.39 is 17.5 Å². The van der Waals surface area contributed by atoms with Gasteiger partial charge in [-0.15, -0.1) is 5.10 Å². The van der Waals surface area contributed by atoms with Gasteiger partial charge in [-0.2, -0.15) is 4.80 Å². The third-order valence-electron chi connectivity index (χ3n) is 3.44. The maximum atomic E-state index is 12.1. The fourth-order valence-corrected chi connectivity index (χ4v) is 2.41. The summed E-state index contributed by atoms with van der Waals surface area (Å²) in [5, 5.41) is 22.9. The number of carbonyl (C=O) groups excluding carboxylic acids is 1. The zero-order valence-electron chi connectivity index (χ0n) is 10.8. The van der Waals surface area contributed by atoms with Crippen LogP contribution in [0.3, 0.4) is 0 Å². The molecular weight excluding hydrogens is 252 g/mol. The van der Waals surface area contributed by atoms with Crippen molar-refractivity contribution in [2.45, 2.75) is 31.7 Å². The van der Waals surface area contributed by atoms with E-state index in [1.165, 1.54) is 9.70 Å². The van der Waals surface area contributed by atoms with Crippen LogP contribution in [-0.2, 0) is 11.8 Å². The van der Waals surface area contributed by atoms with Gasteiger partial charge in [0, 0.05) is 6.54 Å². The van der Waals surface area contributed by atoms with E-state index in [0.717, 1.165) is 0 Å². The van der Waals surface area contributed by atoms with Gasteiger partial charge in [0.15, 0.2) is 0 Å². The number of carboxylic acid groups (broad SMARTS) is 1. The third-order valence-corrected chi connectivity index (χ3v) is 3.44. The van der Waals surface area contributed by atoms with E-state index >= 15 is 0 Å². The van der Waals surface area contributed by atoms with E-state index in [9.17, 15) is 14.7 Å². The van der Waals surface area contributed by atoms with E-state index in [0.29, 0.717) is 25.8 Å². The van der Waals surface area contributed by atoms with Gasteiger partial charge in [-0.05, 0) is 24.5 Å². The summed E-state index contributed by atoms with van der Waals surface area (Å²) in [5.74, 6) is -0.912. The van der Waals surface area contributed by atoms with Gasteiger partial charge >= 0.3 is 12.0 Å². The molecule has 0 aromatic carbocycles. The number of carbonyl (C=O) groups is 2. The largest absolute Gasteiger partial charge is 0.479 e. The maximum Gasteiger partial charge on any atom is 0.329 e. The van der Waals surface area contributed by atoms with Crippen molar-refractivity contribution in [2.75, 3.05) is 11.9 Å². The molecule has 1 aliphatic rings. The molecule has 9 nitrogen and oxygen atoms in total. The molecule has 0 saturated carbocycles. The Bertz CT molecular complexity index is 501. The van der Waals surface area contributed by atoms with Crippen molar-refractivity contribution in [3.8, 4) is 0 Å². The molecule has 1 aromatic heterocycles. The average molecular weight is 268 g/mol. The fraction of sp³-hybridized carbons (Fsp3) is 0.700. The lowest BCUT2D eigenvalue weighted by Crippen LogP contribution is -2.54. The van der Waals surface area contributed by atoms with Gasteiger partial charge in [0.2, 0.25) is 0 Å². The molecule has 104 valence electrons. The summed E-state index contributed by atoms with van der Waals surface area (Å²) in [6, 6.07) is -0.505. The van der Waals surface area contributed by atoms with Crippen molar-refractivity contribution < 1.29 is 14.7 Å². The summed E-state index contributed by atoms with van der Waals surface area (Å²) in [6.07, 6.45) is 1.49. The number of anilines is 1. The number of hydrogen-bond acceptors (Lipinski definition) is 5. The molecule has 0 aliphatic carbocycles. The van der Waals surface area contributed by atoms with Gasteiger partial charge in [-0.1, -0.05) is 12.0 Å². The highest BCUT2D eigenvalue weighted by Crippen LogP contribution is 2.33. The molecule has 1 fully saturated rings. The second-order valence-corrected chi connectivity index (χ2v) is 4.48. The van der Waals surface area contributed by atoms with Crippen LogP contribution in [0.1, 0.15) is 26.2 Å². The smallest absolute Gasteiger partial charge is 0.329 e. The van der Waals surface area contributed by atoms with Crippen molar-refractivity contribution in [3.63, 3.8) is 0 Å². The number of amides is 2. The molecule has 9 heteroatoms. The molecule has 1 atom stereocenters. The maximum absolute atomic E-state index is 12.1. The summed E-state index contributed by atoms with van der Waals surface area (Å²) in [6.45, 7) is 2.17. The minimum absolute atomic E-state index is 0.0646. The Kier molecular flexibility index (Phi) is 3.36. The van der Waals surface area contributed by atoms with E-state index in [4.69, 9.17) is 0 Å². The number of carboxylic acids is 1. The van der Waals surface area contributed by atoms with E-state index in [1.54, 1.807) is 14.0 Å². The van der Waals surface area contributed by atoms with Crippen molar-refractivity contribution in [2.24, 2.45) is 7.05 Å². The van der Waals surface area contributed by atoms with Crippen LogP contribution in [-0.4, -0.2) is 54.3 Å². The predicted octanol–water partition coefficient (Wildman–Crippen LogP) is 0.0712. The first-order valence-electron chi connectivity index (χ1n) is 6.05. The van der Waals surface area contributed by atoms with E-state index in [1.807, 2.05) is 0 Å². The molecule has 0 radical (unpaired) electrons. The van der Waals surface area contributed by atoms with Crippen LogP contribution < -0.4 is 5.32 Å². The summed E-state index contributed by atoms with van der Waals surface area (Å²) in [5.41, 5.74) is -1.13. The topological polar surface area (TPSA) is 113 Å². The predicted molar refractivity (Wildman–Crippen MR) is 64.4 cm³/mol. The van der Waals surface area contributed by atoms with Gasteiger partial charge in [0.25, 0.3) is 5.95 Å². The average Bonchev–Trinajstić information content (AvgIpc) is 2.95. The van der Waals surface area contributed by atoms with E-state index in [-0.39, 0.29) is 5.95 Å². The van der Waals surface area contributed by atoms with Crippen LogP contribution in [0.4, 0.5) is 10.7 Å². The second-order valence-electron chi connectivity index (χ2n) is 4.48. The molecule has 19 heavy (non-hydrogen) atoms. The molecule has 2 amide bonds. The lowest BCUT2D eigenvalue weighted by atomic mass is 9.93. The summed E-state index contributed by atoms with van der Waals surface area (Å²) < 4.78 is 0. The van der Waals surface area contributed by atoms with E-state index in [2.05, 4.69) is 20.7 Å². The van der Waals surface area contributed by atoms with Crippen LogP contribution in [0.15, 0.2) is 0 Å². The van der Waals surface area contributed by atoms with Crippen LogP contribution >= 0.6 is 0 Å². The third kappa shape index (κ3) is 2.23. The first kappa shape index (κ1) is 13.2. The molecule has 0 spiro atoms. The number of nitrogens with one attached hydrogen (secondary N) is 1. The SMILES string of the molecule is CCC1(C(=O)O)CCCN1C(=O)Nc1nnn(C)n1. The number of hydrogen-bond donors (Lipinski definition) is 2. The van der Waals surface area contributed by atoms with Gasteiger partial charge in [0.1, 0.15) is 5.54 Å². The minimum Gasteiger partial charge on any atom is -0.479 e. The number of aryl methyl sites for hydroxylation is 1. The fourth-order valence-electron chi connectivity index (χ4n) is 2.41. The van der Waals surface area contributed by atoms with Gasteiger partial charge in [-0.3, -0.25) is 5.32 Å². The number of tetrazole rings is 1. The number of likely N-dealkylation sites (tertiary alicyclic amines) is 1. The highest BCUT2D eigenvalue weighted by molar-refractivity contribution is 5.93. The molecule has 1 aromatic rings. The van der Waals surface area contributed by atoms with Crippen LogP contribution in [0.2, 0.25) is 0 Å². The zero-order valence-corrected chi connectivity index (χ0v) is 10.8. The molecule has 1 unspecified atom stereocenters. The zero-order chi connectivity index (χ0) is 14.0. The van der Waals surface area contributed by atoms with Crippen LogP contribution in [0.25, 0.3) is 0 Å². The van der Waals surface area contributed by atoms with Crippen molar-refractivity contribution in [1.29, 1.82) is 0 Å². The van der Waals surface area contributed by atoms with Gasteiger partial charge in [0.05, 0.1) is 7.05 Å². The van der Waals surface area contributed by atoms with Crippen molar-refractivity contribution in [3.05, 3.63) is 0 Å². The van der Waals surface area contributed by atoms with Crippen LogP contribution in [0.5, 0.6) is 0 Å². The second kappa shape index (κ2) is 4.82. The Balaban J connectivity index is 2.16. The standard InChI is InChI=1S/C10H16N6O3/c1-3-10(7(17)18)5-4-6-16(10)9(19)11-8-12-14-15(2)13-8/h3-6H2,1-2H3,(H,17,18)(H,11,13,19). The van der Waals surface area contributed by atoms with Gasteiger partial charge < -0.3 is 10.0 Å².